The Bertz CT molecular complexity index is 1920. The summed E-state index contributed by atoms with van der Waals surface area (Å²) in [6.45, 7) is 1.63. The number of pyridine rings is 1. The zero-order valence-corrected chi connectivity index (χ0v) is 20.5. The average Bonchev–Trinajstić information content (AvgIpc) is 3.38. The molecule has 3 N–H and O–H groups in total. The minimum absolute atomic E-state index is 0.00493. The molecule has 0 aliphatic rings. The molecule has 0 spiro atoms. The molecule has 10 nitrogen and oxygen atoms in total. The van der Waals surface area contributed by atoms with Gasteiger partial charge in [-0.1, -0.05) is 42.5 Å². The van der Waals surface area contributed by atoms with Crippen molar-refractivity contribution in [3.8, 4) is 34.8 Å². The number of nitriles is 2. The topological polar surface area (TPSA) is 163 Å². The van der Waals surface area contributed by atoms with Crippen LogP contribution in [0.1, 0.15) is 29.4 Å². The third kappa shape index (κ3) is 4.61. The summed E-state index contributed by atoms with van der Waals surface area (Å²) in [5, 5.41) is 45.0. The Hall–Kier alpha value is -6.00. The van der Waals surface area contributed by atoms with Gasteiger partial charge in [-0.2, -0.15) is 20.3 Å². The molecule has 10 heteroatoms. The maximum Gasteiger partial charge on any atom is 0.291 e. The lowest BCUT2D eigenvalue weighted by Gasteiger charge is -2.14. The summed E-state index contributed by atoms with van der Waals surface area (Å²) in [6.07, 6.45) is 1.36. The van der Waals surface area contributed by atoms with Crippen molar-refractivity contribution >= 4 is 28.8 Å². The molecule has 5 rings (SSSR count). The molecule has 0 saturated heterocycles. The number of hydrogen-bond acceptors (Lipinski definition) is 8. The van der Waals surface area contributed by atoms with Gasteiger partial charge in [0.2, 0.25) is 0 Å². The van der Waals surface area contributed by atoms with Crippen LogP contribution in [0.4, 0.5) is 5.82 Å². The SMILES string of the molecule is C/C(=N\n1c(N=Cc2cccc(O)c2)c(C#N)c(-c2ccccc2O)c(C#N)c1=O)c1nc2ccccc2[nH]1. The summed E-state index contributed by atoms with van der Waals surface area (Å²) < 4.78 is 0.877. The number of aliphatic imine (C=N–C) groups is 1. The van der Waals surface area contributed by atoms with Gasteiger partial charge in [-0.05, 0) is 42.8 Å². The van der Waals surface area contributed by atoms with E-state index in [1.165, 1.54) is 30.5 Å². The number of benzene rings is 3. The summed E-state index contributed by atoms with van der Waals surface area (Å²) in [5.74, 6) is 0.00389. The molecule has 0 radical (unpaired) electrons. The first-order valence-corrected chi connectivity index (χ1v) is 11.7. The third-order valence-corrected chi connectivity index (χ3v) is 5.92. The lowest BCUT2D eigenvalue weighted by atomic mass is 9.96. The second-order valence-electron chi connectivity index (χ2n) is 8.45. The van der Waals surface area contributed by atoms with Crippen LogP contribution in [0.2, 0.25) is 0 Å². The molecular formula is C29H19N7O3. The number of aromatic hydroxyl groups is 2. The second-order valence-corrected chi connectivity index (χ2v) is 8.45. The number of rotatable bonds is 5. The first-order chi connectivity index (χ1) is 18.9. The quantitative estimate of drug-likeness (QED) is 0.291. The van der Waals surface area contributed by atoms with E-state index >= 15 is 0 Å². The zero-order chi connectivity index (χ0) is 27.5. The van der Waals surface area contributed by atoms with Gasteiger partial charge in [0.05, 0.1) is 11.0 Å². The number of nitrogens with one attached hydrogen (secondary N) is 1. The largest absolute Gasteiger partial charge is 0.508 e. The number of phenolic OH excluding ortho intramolecular Hbond substituents is 2. The van der Waals surface area contributed by atoms with E-state index in [4.69, 9.17) is 0 Å². The molecule has 0 aliphatic carbocycles. The van der Waals surface area contributed by atoms with Gasteiger partial charge in [-0.3, -0.25) is 4.79 Å². The summed E-state index contributed by atoms with van der Waals surface area (Å²) in [4.78, 5) is 25.7. The van der Waals surface area contributed by atoms with Crippen LogP contribution in [0.25, 0.3) is 22.2 Å². The lowest BCUT2D eigenvalue weighted by molar-refractivity contribution is 0.475. The highest BCUT2D eigenvalue weighted by atomic mass is 16.3. The normalized spacial score (nSPS) is 11.5. The van der Waals surface area contributed by atoms with E-state index in [0.29, 0.717) is 22.6 Å². The van der Waals surface area contributed by atoms with Crippen LogP contribution in [0, 0.1) is 22.7 Å². The lowest BCUT2D eigenvalue weighted by Crippen LogP contribution is -2.23. The van der Waals surface area contributed by atoms with E-state index in [9.17, 15) is 25.5 Å². The van der Waals surface area contributed by atoms with E-state index in [1.807, 2.05) is 36.4 Å². The molecule has 5 aromatic rings. The van der Waals surface area contributed by atoms with Crippen LogP contribution in [0.5, 0.6) is 11.5 Å². The van der Waals surface area contributed by atoms with E-state index in [1.54, 1.807) is 31.2 Å². The van der Waals surface area contributed by atoms with Crippen LogP contribution in [0.3, 0.4) is 0 Å². The summed E-state index contributed by atoms with van der Waals surface area (Å²) in [5.41, 5.74) is 0.947. The van der Waals surface area contributed by atoms with Crippen LogP contribution in [-0.4, -0.2) is 36.8 Å². The molecule has 0 unspecified atom stereocenters. The van der Waals surface area contributed by atoms with Gasteiger partial charge in [-0.25, -0.2) is 9.98 Å². The number of hydrogen-bond donors (Lipinski definition) is 3. The predicted molar refractivity (Wildman–Crippen MR) is 146 cm³/mol. The fraction of sp³-hybridized carbons (Fsp3) is 0.0345. The van der Waals surface area contributed by atoms with Gasteiger partial charge in [0.15, 0.2) is 11.6 Å². The molecule has 2 aromatic heterocycles. The van der Waals surface area contributed by atoms with Gasteiger partial charge in [0, 0.05) is 17.3 Å². The number of aromatic amines is 1. The van der Waals surface area contributed by atoms with Gasteiger partial charge < -0.3 is 15.2 Å². The molecule has 3 aromatic carbocycles. The number of H-pyrrole nitrogens is 1. The van der Waals surface area contributed by atoms with Crippen molar-refractivity contribution in [2.24, 2.45) is 10.1 Å². The van der Waals surface area contributed by atoms with Crippen LogP contribution in [0.15, 0.2) is 87.7 Å². The monoisotopic (exact) mass is 513 g/mol. The molecule has 0 amide bonds. The van der Waals surface area contributed by atoms with Crippen molar-refractivity contribution in [2.75, 3.05) is 0 Å². The van der Waals surface area contributed by atoms with Crippen molar-refractivity contribution < 1.29 is 10.2 Å². The first kappa shape index (κ1) is 24.7. The molecule has 0 atom stereocenters. The van der Waals surface area contributed by atoms with Crippen molar-refractivity contribution in [2.45, 2.75) is 6.92 Å². The molecule has 0 fully saturated rings. The average molecular weight is 514 g/mol. The summed E-state index contributed by atoms with van der Waals surface area (Å²) >= 11 is 0. The number of fused-ring (bicyclic) bond motifs is 1. The molecule has 0 aliphatic heterocycles. The van der Waals surface area contributed by atoms with Crippen molar-refractivity contribution in [3.63, 3.8) is 0 Å². The van der Waals surface area contributed by atoms with Crippen molar-refractivity contribution in [1.82, 2.24) is 14.6 Å². The number of para-hydroxylation sites is 3. The Morgan fingerprint density at radius 1 is 1.00 bits per heavy atom. The Kier molecular flexibility index (Phi) is 6.43. The second kappa shape index (κ2) is 10.2. The first-order valence-electron chi connectivity index (χ1n) is 11.7. The summed E-state index contributed by atoms with van der Waals surface area (Å²) in [7, 11) is 0. The van der Waals surface area contributed by atoms with E-state index < -0.39 is 5.56 Å². The van der Waals surface area contributed by atoms with Crippen molar-refractivity contribution in [3.05, 3.63) is 106 Å². The third-order valence-electron chi connectivity index (χ3n) is 5.92. The molecule has 0 saturated carbocycles. The maximum absolute atomic E-state index is 13.7. The Labute approximate surface area is 221 Å². The molecule has 2 heterocycles. The fourth-order valence-electron chi connectivity index (χ4n) is 4.09. The van der Waals surface area contributed by atoms with E-state index in [-0.39, 0.29) is 39.6 Å². The smallest absolute Gasteiger partial charge is 0.291 e. The van der Waals surface area contributed by atoms with Crippen LogP contribution >= 0.6 is 0 Å². The molecule has 188 valence electrons. The Morgan fingerprint density at radius 2 is 1.74 bits per heavy atom. The minimum Gasteiger partial charge on any atom is -0.508 e. The molecule has 39 heavy (non-hydrogen) atoms. The van der Waals surface area contributed by atoms with Gasteiger partial charge in [0.25, 0.3) is 5.56 Å². The summed E-state index contributed by atoms with van der Waals surface area (Å²) in [6, 6.07) is 23.6. The highest BCUT2D eigenvalue weighted by molar-refractivity contribution is 5.98. The van der Waals surface area contributed by atoms with Crippen molar-refractivity contribution in [1.29, 1.82) is 10.5 Å². The molecule has 0 bridgehead atoms. The Balaban J connectivity index is 1.81. The standard InChI is InChI=1S/C29H19N7O3/c1-17(27-33-23-10-3-4-11-24(23)34-27)35-36-28(32-16-18-7-6-8-19(37)13-18)21(14-30)26(22(15-31)29(36)39)20-9-2-5-12-25(20)38/h2-13,16,37-38H,1H3,(H,33,34)/b32-16?,35-17+. The fourth-order valence-corrected chi connectivity index (χ4v) is 4.09. The predicted octanol–water partition coefficient (Wildman–Crippen LogP) is 4.57. The van der Waals surface area contributed by atoms with Gasteiger partial charge in [0.1, 0.15) is 40.5 Å². The number of phenols is 2. The Morgan fingerprint density at radius 3 is 2.46 bits per heavy atom. The zero-order valence-electron chi connectivity index (χ0n) is 20.5. The highest BCUT2D eigenvalue weighted by Gasteiger charge is 2.25. The van der Waals surface area contributed by atoms with Crippen LogP contribution < -0.4 is 5.56 Å². The van der Waals surface area contributed by atoms with E-state index in [0.717, 1.165) is 10.2 Å². The maximum atomic E-state index is 13.7. The number of imidazole rings is 1. The van der Waals surface area contributed by atoms with E-state index in [2.05, 4.69) is 20.1 Å². The number of aromatic nitrogens is 3. The number of nitrogens with zero attached hydrogens (tertiary/aromatic N) is 6. The minimum atomic E-state index is -0.840. The highest BCUT2D eigenvalue weighted by Crippen LogP contribution is 2.36. The van der Waals surface area contributed by atoms with Gasteiger partial charge >= 0.3 is 0 Å². The molecular weight excluding hydrogens is 494 g/mol. The van der Waals surface area contributed by atoms with Gasteiger partial charge in [-0.15, -0.1) is 0 Å². The van der Waals surface area contributed by atoms with Crippen LogP contribution in [-0.2, 0) is 0 Å².